The molecule has 1 atom stereocenters. The van der Waals surface area contributed by atoms with Gasteiger partial charge in [0, 0.05) is 32.1 Å². The highest BCUT2D eigenvalue weighted by molar-refractivity contribution is 5.95. The number of likely N-dealkylation sites (N-methyl/N-ethyl adjacent to an activating group) is 2. The molecule has 0 radical (unpaired) electrons. The molecule has 1 unspecified atom stereocenters. The van der Waals surface area contributed by atoms with Gasteiger partial charge in [0.1, 0.15) is 0 Å². The van der Waals surface area contributed by atoms with Gasteiger partial charge in [0.05, 0.1) is 0 Å². The first kappa shape index (κ1) is 10.2. The van der Waals surface area contributed by atoms with E-state index in [1.165, 1.54) is 0 Å². The van der Waals surface area contributed by atoms with Crippen LogP contribution in [0, 0.1) is 12.3 Å². The molecule has 1 aliphatic rings. The molecular weight excluding hydrogens is 164 g/mol. The summed E-state index contributed by atoms with van der Waals surface area (Å²) in [6.07, 6.45) is 5.52. The van der Waals surface area contributed by atoms with E-state index in [9.17, 15) is 4.79 Å². The zero-order chi connectivity index (χ0) is 9.84. The lowest BCUT2D eigenvalue weighted by Gasteiger charge is -2.37. The molecule has 0 aromatic carbocycles. The summed E-state index contributed by atoms with van der Waals surface area (Å²) in [5.74, 6) is 2.07. The number of carbonyl (C=O) groups excluding carboxylic acids is 1. The van der Waals surface area contributed by atoms with E-state index in [2.05, 4.69) is 22.8 Å². The Hall–Kier alpha value is -0.850. The average Bonchev–Trinajstić information content (AvgIpc) is 2.11. The maximum atomic E-state index is 11.1. The van der Waals surface area contributed by atoms with E-state index in [0.717, 1.165) is 19.6 Å². The summed E-state index contributed by atoms with van der Waals surface area (Å²) in [6.45, 7) is 3.01. The molecule has 0 bridgehead atoms. The predicted octanol–water partition coefficient (Wildman–Crippen LogP) is -0.175. The van der Waals surface area contributed by atoms with Crippen molar-refractivity contribution in [2.45, 2.75) is 12.5 Å². The van der Waals surface area contributed by atoms with Gasteiger partial charge in [0.15, 0.2) is 0 Å². The minimum atomic E-state index is -0.0906. The second-order valence-electron chi connectivity index (χ2n) is 3.67. The van der Waals surface area contributed by atoms with Gasteiger partial charge in [-0.15, -0.1) is 6.42 Å². The van der Waals surface area contributed by atoms with Crippen molar-refractivity contribution < 1.29 is 4.79 Å². The van der Waals surface area contributed by atoms with Gasteiger partial charge in [-0.25, -0.2) is 0 Å². The van der Waals surface area contributed by atoms with Gasteiger partial charge in [-0.1, -0.05) is 0 Å². The van der Waals surface area contributed by atoms with Gasteiger partial charge in [0.25, 0.3) is 0 Å². The Morgan fingerprint density at radius 3 is 2.85 bits per heavy atom. The van der Waals surface area contributed by atoms with Crippen molar-refractivity contribution in [2.24, 2.45) is 0 Å². The Balaban J connectivity index is 2.47. The highest BCUT2D eigenvalue weighted by Crippen LogP contribution is 2.09. The quantitative estimate of drug-likeness (QED) is 0.435. The molecule has 3 heteroatoms. The minimum absolute atomic E-state index is 0.0906. The first-order chi connectivity index (χ1) is 6.13. The van der Waals surface area contributed by atoms with E-state index in [1.807, 2.05) is 7.05 Å². The van der Waals surface area contributed by atoms with Crippen LogP contribution in [-0.4, -0.2) is 55.4 Å². The van der Waals surface area contributed by atoms with E-state index in [4.69, 9.17) is 6.42 Å². The molecular formula is C10H16N2O. The van der Waals surface area contributed by atoms with Crippen LogP contribution in [0.25, 0.3) is 0 Å². The second-order valence-corrected chi connectivity index (χ2v) is 3.67. The second kappa shape index (κ2) is 4.40. The van der Waals surface area contributed by atoms with Crippen molar-refractivity contribution in [2.75, 3.05) is 33.7 Å². The summed E-state index contributed by atoms with van der Waals surface area (Å²) in [4.78, 5) is 15.5. The van der Waals surface area contributed by atoms with Gasteiger partial charge in [-0.2, -0.15) is 0 Å². The fraction of sp³-hybridized carbons (Fsp3) is 0.700. The molecule has 0 aromatic rings. The minimum Gasteiger partial charge on any atom is -0.304 e. The number of ketones is 1. The fourth-order valence-corrected chi connectivity index (χ4v) is 1.59. The number of Topliss-reactive ketones (excluding diaryl/α,β-unsaturated/α-hetero) is 1. The van der Waals surface area contributed by atoms with Crippen LogP contribution in [0.1, 0.15) is 6.42 Å². The number of nitrogens with zero attached hydrogens (tertiary/aromatic N) is 2. The van der Waals surface area contributed by atoms with Crippen molar-refractivity contribution in [3.8, 4) is 12.3 Å². The lowest BCUT2D eigenvalue weighted by atomic mass is 10.1. The molecule has 1 rings (SSSR count). The Labute approximate surface area is 79.7 Å². The molecule has 1 fully saturated rings. The molecule has 1 saturated heterocycles. The molecule has 0 spiro atoms. The zero-order valence-corrected chi connectivity index (χ0v) is 8.29. The van der Waals surface area contributed by atoms with Gasteiger partial charge in [-0.3, -0.25) is 4.79 Å². The maximum absolute atomic E-state index is 11.1. The molecule has 0 saturated carbocycles. The molecule has 0 N–H and O–H groups in total. The molecule has 0 aromatic heterocycles. The largest absolute Gasteiger partial charge is 0.304 e. The number of hydrogen-bond acceptors (Lipinski definition) is 3. The van der Waals surface area contributed by atoms with Crippen LogP contribution in [-0.2, 0) is 4.79 Å². The van der Waals surface area contributed by atoms with E-state index in [1.54, 1.807) is 0 Å². The predicted molar refractivity (Wildman–Crippen MR) is 52.4 cm³/mol. The first-order valence-electron chi connectivity index (χ1n) is 4.51. The van der Waals surface area contributed by atoms with Crippen molar-refractivity contribution in [3.63, 3.8) is 0 Å². The Morgan fingerprint density at radius 1 is 1.54 bits per heavy atom. The fourth-order valence-electron chi connectivity index (χ4n) is 1.59. The van der Waals surface area contributed by atoms with E-state index >= 15 is 0 Å². The number of hydrogen-bond donors (Lipinski definition) is 0. The molecule has 13 heavy (non-hydrogen) atoms. The van der Waals surface area contributed by atoms with E-state index < -0.39 is 0 Å². The summed E-state index contributed by atoms with van der Waals surface area (Å²) >= 11 is 0. The zero-order valence-electron chi connectivity index (χ0n) is 8.29. The molecule has 0 amide bonds. The smallest absolute Gasteiger partial charge is 0.206 e. The lowest BCUT2D eigenvalue weighted by Crippen LogP contribution is -2.50. The summed E-state index contributed by atoms with van der Waals surface area (Å²) in [5, 5.41) is 0. The molecule has 1 aliphatic heterocycles. The average molecular weight is 180 g/mol. The van der Waals surface area contributed by atoms with Crippen LogP contribution in [0.4, 0.5) is 0 Å². The van der Waals surface area contributed by atoms with Crippen LogP contribution in [0.5, 0.6) is 0 Å². The molecule has 72 valence electrons. The maximum Gasteiger partial charge on any atom is 0.206 e. The highest BCUT2D eigenvalue weighted by Gasteiger charge is 2.23. The molecule has 0 aliphatic carbocycles. The topological polar surface area (TPSA) is 23.6 Å². The molecule has 3 nitrogen and oxygen atoms in total. The van der Waals surface area contributed by atoms with Crippen LogP contribution in [0.2, 0.25) is 0 Å². The lowest BCUT2D eigenvalue weighted by molar-refractivity contribution is -0.115. The first-order valence-corrected chi connectivity index (χ1v) is 4.51. The Kier molecular flexibility index (Phi) is 3.47. The number of piperazine rings is 1. The normalized spacial score (nSPS) is 25.5. The number of rotatable bonds is 2. The number of carbonyl (C=O) groups is 1. The summed E-state index contributed by atoms with van der Waals surface area (Å²) in [7, 11) is 4.11. The summed E-state index contributed by atoms with van der Waals surface area (Å²) in [5.41, 5.74) is 0. The van der Waals surface area contributed by atoms with Crippen molar-refractivity contribution >= 4 is 5.78 Å². The van der Waals surface area contributed by atoms with Crippen LogP contribution in [0.15, 0.2) is 0 Å². The Bertz CT molecular complexity index is 232. The van der Waals surface area contributed by atoms with E-state index in [-0.39, 0.29) is 5.78 Å². The number of terminal acetylenes is 1. The SMILES string of the molecule is C#CC(=O)CC1CN(C)CCN1C. The van der Waals surface area contributed by atoms with E-state index in [0.29, 0.717) is 12.5 Å². The highest BCUT2D eigenvalue weighted by atomic mass is 16.1. The van der Waals surface area contributed by atoms with Crippen molar-refractivity contribution in [1.29, 1.82) is 0 Å². The van der Waals surface area contributed by atoms with Gasteiger partial charge >= 0.3 is 0 Å². The summed E-state index contributed by atoms with van der Waals surface area (Å²) < 4.78 is 0. The van der Waals surface area contributed by atoms with Gasteiger partial charge in [0.2, 0.25) is 5.78 Å². The third kappa shape index (κ3) is 2.83. The van der Waals surface area contributed by atoms with Crippen LogP contribution in [0.3, 0.4) is 0 Å². The monoisotopic (exact) mass is 180 g/mol. The van der Waals surface area contributed by atoms with Crippen molar-refractivity contribution in [3.05, 3.63) is 0 Å². The third-order valence-electron chi connectivity index (χ3n) is 2.56. The van der Waals surface area contributed by atoms with Crippen molar-refractivity contribution in [1.82, 2.24) is 9.80 Å². The Morgan fingerprint density at radius 2 is 2.23 bits per heavy atom. The third-order valence-corrected chi connectivity index (χ3v) is 2.56. The standard InChI is InChI=1S/C10H16N2O/c1-4-10(13)7-9-8-11(2)5-6-12(9)3/h1,9H,5-8H2,2-3H3. The van der Waals surface area contributed by atoms with Gasteiger partial charge in [-0.05, 0) is 20.0 Å². The van der Waals surface area contributed by atoms with Gasteiger partial charge < -0.3 is 9.80 Å². The van der Waals surface area contributed by atoms with Crippen LogP contribution >= 0.6 is 0 Å². The summed E-state index contributed by atoms with van der Waals surface area (Å²) in [6, 6.07) is 0.294. The molecule has 1 heterocycles. The van der Waals surface area contributed by atoms with Crippen LogP contribution < -0.4 is 0 Å².